The van der Waals surface area contributed by atoms with Gasteiger partial charge >= 0.3 is 0 Å². The zero-order valence-corrected chi connectivity index (χ0v) is 17.9. The van der Waals surface area contributed by atoms with Crippen LogP contribution >= 0.6 is 0 Å². The van der Waals surface area contributed by atoms with Gasteiger partial charge in [-0.25, -0.2) is 9.97 Å². The summed E-state index contributed by atoms with van der Waals surface area (Å²) in [6.45, 7) is 7.87. The van der Waals surface area contributed by atoms with E-state index < -0.39 is 0 Å². The maximum atomic E-state index is 13.1. The maximum absolute atomic E-state index is 13.1. The first-order valence-electron chi connectivity index (χ1n) is 10.7. The first kappa shape index (κ1) is 19.6. The van der Waals surface area contributed by atoms with Gasteiger partial charge in [0.05, 0.1) is 27.9 Å². The average molecular weight is 412 g/mol. The summed E-state index contributed by atoms with van der Waals surface area (Å²) < 4.78 is 0. The van der Waals surface area contributed by atoms with Gasteiger partial charge in [0.1, 0.15) is 0 Å². The summed E-state index contributed by atoms with van der Waals surface area (Å²) in [5.41, 5.74) is 6.39. The number of amides is 1. The maximum Gasteiger partial charge on any atom is 0.254 e. The molecule has 2 aromatic carbocycles. The molecule has 0 atom stereocenters. The van der Waals surface area contributed by atoms with Gasteiger partial charge < -0.3 is 4.90 Å². The number of hydrogen-bond donors (Lipinski definition) is 0. The normalized spacial score (nSPS) is 15.0. The Bertz CT molecular complexity index is 1270. The topological polar surface area (TPSA) is 62.2 Å². The Morgan fingerprint density at radius 1 is 0.903 bits per heavy atom. The predicted octanol–water partition coefficient (Wildman–Crippen LogP) is 3.75. The standard InChI is InChI=1S/C25H25N5O/c1-17-18(2)28-23-15-20(8-9-22(23)27-17)25(31)30-13-11-29(12-14-30)16-21-6-3-5-19-7-4-10-26-24(19)21/h3-10,15H,11-14,16H2,1-2H3. The molecule has 5 rings (SSSR count). The highest BCUT2D eigenvalue weighted by atomic mass is 16.2. The third kappa shape index (κ3) is 3.86. The van der Waals surface area contributed by atoms with Gasteiger partial charge in [0.25, 0.3) is 5.91 Å². The first-order valence-corrected chi connectivity index (χ1v) is 10.7. The number of aryl methyl sites for hydroxylation is 2. The number of hydrogen-bond acceptors (Lipinski definition) is 5. The summed E-state index contributed by atoms with van der Waals surface area (Å²) in [4.78, 5) is 31.1. The summed E-state index contributed by atoms with van der Waals surface area (Å²) in [5.74, 6) is 0.0633. The second kappa shape index (κ2) is 8.04. The van der Waals surface area contributed by atoms with E-state index in [1.165, 1.54) is 10.9 Å². The van der Waals surface area contributed by atoms with Crippen LogP contribution in [0.15, 0.2) is 54.7 Å². The van der Waals surface area contributed by atoms with E-state index in [0.717, 1.165) is 47.6 Å². The fourth-order valence-corrected chi connectivity index (χ4v) is 4.19. The van der Waals surface area contributed by atoms with Gasteiger partial charge in [-0.2, -0.15) is 0 Å². The van der Waals surface area contributed by atoms with E-state index in [0.29, 0.717) is 18.7 Å². The molecule has 3 heterocycles. The number of benzene rings is 2. The Morgan fingerprint density at radius 3 is 2.45 bits per heavy atom. The number of nitrogens with zero attached hydrogens (tertiary/aromatic N) is 5. The number of fused-ring (bicyclic) bond motifs is 2. The zero-order valence-electron chi connectivity index (χ0n) is 17.9. The molecule has 1 aliphatic heterocycles. The lowest BCUT2D eigenvalue weighted by molar-refractivity contribution is 0.0629. The Kier molecular flexibility index (Phi) is 5.08. The number of piperazine rings is 1. The van der Waals surface area contributed by atoms with Crippen molar-refractivity contribution in [1.29, 1.82) is 0 Å². The van der Waals surface area contributed by atoms with Crippen molar-refractivity contribution in [3.05, 3.63) is 77.2 Å². The van der Waals surface area contributed by atoms with Crippen molar-refractivity contribution in [3.8, 4) is 0 Å². The third-order valence-electron chi connectivity index (χ3n) is 6.09. The van der Waals surface area contributed by atoms with E-state index in [1.807, 2.05) is 49.2 Å². The Labute approximate surface area is 181 Å². The molecule has 0 spiro atoms. The van der Waals surface area contributed by atoms with Crippen LogP contribution in [0, 0.1) is 13.8 Å². The molecule has 0 aliphatic carbocycles. The van der Waals surface area contributed by atoms with Crippen molar-refractivity contribution >= 4 is 27.8 Å². The average Bonchev–Trinajstić information content (AvgIpc) is 2.80. The van der Waals surface area contributed by atoms with Crippen molar-refractivity contribution in [2.24, 2.45) is 0 Å². The number of carbonyl (C=O) groups excluding carboxylic acids is 1. The quantitative estimate of drug-likeness (QED) is 0.514. The molecule has 1 fully saturated rings. The minimum Gasteiger partial charge on any atom is -0.336 e. The van der Waals surface area contributed by atoms with Gasteiger partial charge in [-0.1, -0.05) is 24.3 Å². The van der Waals surface area contributed by atoms with E-state index in [-0.39, 0.29) is 5.91 Å². The summed E-state index contributed by atoms with van der Waals surface area (Å²) in [6.07, 6.45) is 1.85. The molecule has 4 aromatic rings. The second-order valence-corrected chi connectivity index (χ2v) is 8.16. The summed E-state index contributed by atoms with van der Waals surface area (Å²) in [6, 6.07) is 16.0. The minimum absolute atomic E-state index is 0.0633. The molecular weight excluding hydrogens is 386 g/mol. The fourth-order valence-electron chi connectivity index (χ4n) is 4.19. The molecule has 0 unspecified atom stereocenters. The molecule has 0 saturated carbocycles. The number of aromatic nitrogens is 3. The van der Waals surface area contributed by atoms with Crippen LogP contribution in [0.5, 0.6) is 0 Å². The van der Waals surface area contributed by atoms with E-state index in [1.54, 1.807) is 0 Å². The van der Waals surface area contributed by atoms with Crippen LogP contribution in [-0.4, -0.2) is 56.8 Å². The van der Waals surface area contributed by atoms with Gasteiger partial charge in [-0.15, -0.1) is 0 Å². The highest BCUT2D eigenvalue weighted by Crippen LogP contribution is 2.20. The molecule has 0 bridgehead atoms. The highest BCUT2D eigenvalue weighted by molar-refractivity contribution is 5.97. The lowest BCUT2D eigenvalue weighted by atomic mass is 10.1. The molecule has 2 aromatic heterocycles. The summed E-state index contributed by atoms with van der Waals surface area (Å²) in [5, 5.41) is 1.17. The summed E-state index contributed by atoms with van der Waals surface area (Å²) in [7, 11) is 0. The van der Waals surface area contributed by atoms with Gasteiger partial charge in [0, 0.05) is 49.9 Å². The van der Waals surface area contributed by atoms with Crippen LogP contribution in [-0.2, 0) is 6.54 Å². The van der Waals surface area contributed by atoms with Gasteiger partial charge in [-0.3, -0.25) is 14.7 Å². The minimum atomic E-state index is 0.0633. The van der Waals surface area contributed by atoms with Crippen LogP contribution in [0.2, 0.25) is 0 Å². The van der Waals surface area contributed by atoms with Crippen LogP contribution < -0.4 is 0 Å². The molecule has 0 N–H and O–H groups in total. The summed E-state index contributed by atoms with van der Waals surface area (Å²) >= 11 is 0. The van der Waals surface area contributed by atoms with Gasteiger partial charge in [0.15, 0.2) is 0 Å². The van der Waals surface area contributed by atoms with Crippen LogP contribution in [0.3, 0.4) is 0 Å². The lowest BCUT2D eigenvalue weighted by Crippen LogP contribution is -2.48. The van der Waals surface area contributed by atoms with Crippen molar-refractivity contribution in [2.45, 2.75) is 20.4 Å². The second-order valence-electron chi connectivity index (χ2n) is 8.16. The van der Waals surface area contributed by atoms with Crippen molar-refractivity contribution < 1.29 is 4.79 Å². The highest BCUT2D eigenvalue weighted by Gasteiger charge is 2.23. The van der Waals surface area contributed by atoms with Crippen LogP contribution in [0.1, 0.15) is 27.3 Å². The Balaban J connectivity index is 1.27. The molecule has 1 amide bonds. The van der Waals surface area contributed by atoms with Crippen LogP contribution in [0.4, 0.5) is 0 Å². The van der Waals surface area contributed by atoms with Crippen molar-refractivity contribution in [1.82, 2.24) is 24.8 Å². The molecular formula is C25H25N5O. The number of carbonyl (C=O) groups is 1. The molecule has 6 nitrogen and oxygen atoms in total. The molecule has 1 saturated heterocycles. The van der Waals surface area contributed by atoms with E-state index in [4.69, 9.17) is 0 Å². The van der Waals surface area contributed by atoms with E-state index in [2.05, 4.69) is 44.1 Å². The molecule has 31 heavy (non-hydrogen) atoms. The number of pyridine rings is 1. The Morgan fingerprint density at radius 2 is 1.65 bits per heavy atom. The van der Waals surface area contributed by atoms with E-state index >= 15 is 0 Å². The molecule has 6 heteroatoms. The SMILES string of the molecule is Cc1nc2ccc(C(=O)N3CCN(Cc4cccc5cccnc45)CC3)cc2nc1C. The van der Waals surface area contributed by atoms with Crippen molar-refractivity contribution in [3.63, 3.8) is 0 Å². The largest absolute Gasteiger partial charge is 0.336 e. The smallest absolute Gasteiger partial charge is 0.254 e. The third-order valence-corrected chi connectivity index (χ3v) is 6.09. The van der Waals surface area contributed by atoms with Gasteiger partial charge in [0.2, 0.25) is 0 Å². The molecule has 156 valence electrons. The predicted molar refractivity (Wildman–Crippen MR) is 122 cm³/mol. The molecule has 1 aliphatic rings. The Hall–Kier alpha value is -3.38. The number of rotatable bonds is 3. The fraction of sp³-hybridized carbons (Fsp3) is 0.280. The van der Waals surface area contributed by atoms with Gasteiger partial charge in [-0.05, 0) is 43.7 Å². The van der Waals surface area contributed by atoms with E-state index in [9.17, 15) is 4.79 Å². The van der Waals surface area contributed by atoms with Crippen LogP contribution in [0.25, 0.3) is 21.9 Å². The van der Waals surface area contributed by atoms with Crippen molar-refractivity contribution in [2.75, 3.05) is 26.2 Å². The molecule has 0 radical (unpaired) electrons. The first-order chi connectivity index (χ1) is 15.1. The number of para-hydroxylation sites is 1. The monoisotopic (exact) mass is 411 g/mol. The lowest BCUT2D eigenvalue weighted by Gasteiger charge is -2.35. The zero-order chi connectivity index (χ0) is 21.4.